The van der Waals surface area contributed by atoms with E-state index in [-0.39, 0.29) is 11.3 Å². The zero-order valence-corrected chi connectivity index (χ0v) is 13.0. The molecule has 4 heteroatoms. The standard InChI is InChI=1S/C16H24ClNO2/c1-3-13(4-2)15(17)12-18-16(19)10-11-20-14-8-6-5-7-9-14/h5-9,13,15H,3-4,10-12H2,1-2H3,(H,18,19). The van der Waals surface area contributed by atoms with Crippen LogP contribution in [-0.4, -0.2) is 24.4 Å². The number of alkyl halides is 1. The molecule has 1 atom stereocenters. The van der Waals surface area contributed by atoms with Crippen molar-refractivity contribution in [1.29, 1.82) is 0 Å². The third kappa shape index (κ3) is 6.29. The fraction of sp³-hybridized carbons (Fsp3) is 0.562. The van der Waals surface area contributed by atoms with Crippen LogP contribution in [0.2, 0.25) is 0 Å². The molecule has 0 spiro atoms. The summed E-state index contributed by atoms with van der Waals surface area (Å²) in [4.78, 5) is 11.7. The van der Waals surface area contributed by atoms with Gasteiger partial charge in [-0.15, -0.1) is 11.6 Å². The number of carbonyl (C=O) groups is 1. The first kappa shape index (κ1) is 16.8. The Morgan fingerprint density at radius 2 is 1.90 bits per heavy atom. The Bertz CT molecular complexity index is 379. The van der Waals surface area contributed by atoms with E-state index in [0.29, 0.717) is 25.5 Å². The molecule has 0 saturated heterocycles. The van der Waals surface area contributed by atoms with Gasteiger partial charge < -0.3 is 10.1 Å². The summed E-state index contributed by atoms with van der Waals surface area (Å²) in [6.07, 6.45) is 2.43. The smallest absolute Gasteiger partial charge is 0.223 e. The normalized spacial score (nSPS) is 12.2. The van der Waals surface area contributed by atoms with Gasteiger partial charge in [0.15, 0.2) is 0 Å². The Kier molecular flexibility index (Phi) is 8.12. The monoisotopic (exact) mass is 297 g/mol. The van der Waals surface area contributed by atoms with E-state index < -0.39 is 0 Å². The first-order valence-electron chi connectivity index (χ1n) is 7.26. The summed E-state index contributed by atoms with van der Waals surface area (Å²) in [5.41, 5.74) is 0. The van der Waals surface area contributed by atoms with Crippen molar-refractivity contribution in [3.8, 4) is 5.75 Å². The van der Waals surface area contributed by atoms with Crippen LogP contribution in [0.25, 0.3) is 0 Å². The highest BCUT2D eigenvalue weighted by atomic mass is 35.5. The molecule has 1 unspecified atom stereocenters. The van der Waals surface area contributed by atoms with Crippen LogP contribution >= 0.6 is 11.6 Å². The number of hydrogen-bond acceptors (Lipinski definition) is 2. The van der Waals surface area contributed by atoms with Gasteiger partial charge in [0.2, 0.25) is 5.91 Å². The molecule has 1 aromatic carbocycles. The first-order chi connectivity index (χ1) is 9.67. The summed E-state index contributed by atoms with van der Waals surface area (Å²) in [5, 5.41) is 2.87. The maximum Gasteiger partial charge on any atom is 0.223 e. The molecule has 3 nitrogen and oxygen atoms in total. The molecule has 0 aliphatic heterocycles. The highest BCUT2D eigenvalue weighted by molar-refractivity contribution is 6.21. The average Bonchev–Trinajstić information content (AvgIpc) is 2.47. The molecular formula is C16H24ClNO2. The van der Waals surface area contributed by atoms with E-state index in [9.17, 15) is 4.79 Å². The van der Waals surface area contributed by atoms with Gasteiger partial charge in [-0.05, 0) is 18.1 Å². The van der Waals surface area contributed by atoms with E-state index in [1.54, 1.807) is 0 Å². The third-order valence-corrected chi connectivity index (χ3v) is 3.91. The van der Waals surface area contributed by atoms with Gasteiger partial charge in [-0.25, -0.2) is 0 Å². The van der Waals surface area contributed by atoms with Gasteiger partial charge in [-0.1, -0.05) is 44.9 Å². The van der Waals surface area contributed by atoms with E-state index >= 15 is 0 Å². The molecule has 0 aliphatic carbocycles. The number of para-hydroxylation sites is 1. The lowest BCUT2D eigenvalue weighted by atomic mass is 9.99. The quantitative estimate of drug-likeness (QED) is 0.707. The number of nitrogens with one attached hydrogen (secondary N) is 1. The molecule has 1 N–H and O–H groups in total. The van der Waals surface area contributed by atoms with Crippen LogP contribution < -0.4 is 10.1 Å². The summed E-state index contributed by atoms with van der Waals surface area (Å²) < 4.78 is 5.48. The van der Waals surface area contributed by atoms with Gasteiger partial charge >= 0.3 is 0 Å². The number of benzene rings is 1. The maximum atomic E-state index is 11.7. The van der Waals surface area contributed by atoms with Gasteiger partial charge in [-0.3, -0.25) is 4.79 Å². The van der Waals surface area contributed by atoms with Gasteiger partial charge in [0.1, 0.15) is 5.75 Å². The number of ether oxygens (including phenoxy) is 1. The molecule has 0 radical (unpaired) electrons. The Balaban J connectivity index is 2.17. The predicted molar refractivity (Wildman–Crippen MR) is 83.3 cm³/mol. The second-order valence-electron chi connectivity index (χ2n) is 4.81. The van der Waals surface area contributed by atoms with Crippen LogP contribution in [0.3, 0.4) is 0 Å². The van der Waals surface area contributed by atoms with Gasteiger partial charge in [0, 0.05) is 6.54 Å². The lowest BCUT2D eigenvalue weighted by Crippen LogP contribution is -2.33. The molecule has 1 amide bonds. The zero-order valence-electron chi connectivity index (χ0n) is 12.3. The second-order valence-corrected chi connectivity index (χ2v) is 5.37. The van der Waals surface area contributed by atoms with Crippen LogP contribution in [0.1, 0.15) is 33.1 Å². The van der Waals surface area contributed by atoms with Crippen LogP contribution in [0, 0.1) is 5.92 Å². The Morgan fingerprint density at radius 3 is 2.50 bits per heavy atom. The van der Waals surface area contributed by atoms with Crippen molar-refractivity contribution in [3.05, 3.63) is 30.3 Å². The average molecular weight is 298 g/mol. The fourth-order valence-corrected chi connectivity index (χ4v) is 2.48. The molecule has 0 bridgehead atoms. The van der Waals surface area contributed by atoms with E-state index in [2.05, 4.69) is 19.2 Å². The molecule has 0 aliphatic rings. The summed E-state index contributed by atoms with van der Waals surface area (Å²) in [6.45, 7) is 5.16. The highest BCUT2D eigenvalue weighted by Crippen LogP contribution is 2.17. The minimum absolute atomic E-state index is 0.00370. The number of carbonyl (C=O) groups excluding carboxylic acids is 1. The number of hydrogen-bond donors (Lipinski definition) is 1. The maximum absolute atomic E-state index is 11.7. The lowest BCUT2D eigenvalue weighted by Gasteiger charge is -2.19. The summed E-state index contributed by atoms with van der Waals surface area (Å²) in [6, 6.07) is 9.49. The molecular weight excluding hydrogens is 274 g/mol. The predicted octanol–water partition coefficient (Wildman–Crippen LogP) is 3.62. The van der Waals surface area contributed by atoms with E-state index in [1.807, 2.05) is 30.3 Å². The summed E-state index contributed by atoms with van der Waals surface area (Å²) >= 11 is 6.28. The van der Waals surface area contributed by atoms with Crippen molar-refractivity contribution in [2.75, 3.05) is 13.2 Å². The zero-order chi connectivity index (χ0) is 14.8. The molecule has 112 valence electrons. The SMILES string of the molecule is CCC(CC)C(Cl)CNC(=O)CCOc1ccccc1. The van der Waals surface area contributed by atoms with Gasteiger partial charge in [-0.2, -0.15) is 0 Å². The molecule has 0 saturated carbocycles. The van der Waals surface area contributed by atoms with Crippen LogP contribution in [0.15, 0.2) is 30.3 Å². The first-order valence-corrected chi connectivity index (χ1v) is 7.69. The van der Waals surface area contributed by atoms with E-state index in [0.717, 1.165) is 18.6 Å². The van der Waals surface area contributed by atoms with Crippen LogP contribution in [0.5, 0.6) is 5.75 Å². The molecule has 0 fully saturated rings. The minimum atomic E-state index is -0.0162. The Labute approximate surface area is 126 Å². The van der Waals surface area contributed by atoms with Crippen LogP contribution in [-0.2, 0) is 4.79 Å². The fourth-order valence-electron chi connectivity index (χ4n) is 2.04. The van der Waals surface area contributed by atoms with Gasteiger partial charge in [0.25, 0.3) is 0 Å². The van der Waals surface area contributed by atoms with Crippen molar-refractivity contribution in [2.45, 2.75) is 38.5 Å². The molecule has 1 aromatic rings. The molecule has 1 rings (SSSR count). The van der Waals surface area contributed by atoms with E-state index in [4.69, 9.17) is 16.3 Å². The number of amides is 1. The highest BCUT2D eigenvalue weighted by Gasteiger charge is 2.16. The van der Waals surface area contributed by atoms with Crippen molar-refractivity contribution in [2.24, 2.45) is 5.92 Å². The number of rotatable bonds is 9. The Morgan fingerprint density at radius 1 is 1.25 bits per heavy atom. The largest absolute Gasteiger partial charge is 0.493 e. The Hall–Kier alpha value is -1.22. The van der Waals surface area contributed by atoms with Crippen molar-refractivity contribution in [1.82, 2.24) is 5.32 Å². The third-order valence-electron chi connectivity index (χ3n) is 3.40. The molecule has 0 aromatic heterocycles. The number of halogens is 1. The van der Waals surface area contributed by atoms with Crippen LogP contribution in [0.4, 0.5) is 0 Å². The summed E-state index contributed by atoms with van der Waals surface area (Å²) in [5.74, 6) is 1.22. The molecule has 0 heterocycles. The molecule has 20 heavy (non-hydrogen) atoms. The second kappa shape index (κ2) is 9.65. The van der Waals surface area contributed by atoms with Gasteiger partial charge in [0.05, 0.1) is 18.4 Å². The minimum Gasteiger partial charge on any atom is -0.493 e. The van der Waals surface area contributed by atoms with Crippen molar-refractivity contribution in [3.63, 3.8) is 0 Å². The lowest BCUT2D eigenvalue weighted by molar-refractivity contribution is -0.121. The van der Waals surface area contributed by atoms with Crippen molar-refractivity contribution < 1.29 is 9.53 Å². The van der Waals surface area contributed by atoms with Crippen molar-refractivity contribution >= 4 is 17.5 Å². The topological polar surface area (TPSA) is 38.3 Å². The summed E-state index contributed by atoms with van der Waals surface area (Å²) in [7, 11) is 0. The van der Waals surface area contributed by atoms with E-state index in [1.165, 1.54) is 0 Å².